The van der Waals surface area contributed by atoms with Crippen molar-refractivity contribution >= 4 is 0 Å². The number of rotatable bonds is 6. The van der Waals surface area contributed by atoms with Crippen molar-refractivity contribution in [3.05, 3.63) is 18.0 Å². The fourth-order valence-electron chi connectivity index (χ4n) is 3.25. The number of hydrogen-bond acceptors (Lipinski definition) is 3. The summed E-state index contributed by atoms with van der Waals surface area (Å²) in [5.41, 5.74) is 1.80. The number of aryl methyl sites for hydroxylation is 1. The van der Waals surface area contributed by atoms with Gasteiger partial charge in [-0.1, -0.05) is 13.3 Å². The van der Waals surface area contributed by atoms with E-state index in [1.165, 1.54) is 44.5 Å². The van der Waals surface area contributed by atoms with Gasteiger partial charge in [-0.05, 0) is 31.8 Å². The highest BCUT2D eigenvalue weighted by molar-refractivity contribution is 5.03. The van der Waals surface area contributed by atoms with E-state index in [1.807, 2.05) is 17.9 Å². The number of nitrogens with zero attached hydrogens (tertiary/aromatic N) is 3. The molecule has 1 aromatic rings. The third-order valence-electron chi connectivity index (χ3n) is 3.93. The van der Waals surface area contributed by atoms with E-state index in [2.05, 4.69) is 35.5 Å². The maximum atomic E-state index is 4.23. The van der Waals surface area contributed by atoms with Crippen LogP contribution in [0.25, 0.3) is 0 Å². The van der Waals surface area contributed by atoms with Gasteiger partial charge in [0.25, 0.3) is 0 Å². The van der Waals surface area contributed by atoms with Gasteiger partial charge in [0.2, 0.25) is 0 Å². The molecule has 1 aliphatic rings. The molecule has 0 saturated carbocycles. The Labute approximate surface area is 110 Å². The highest BCUT2D eigenvalue weighted by atomic mass is 15.2. The lowest BCUT2D eigenvalue weighted by Crippen LogP contribution is -2.37. The Hall–Kier alpha value is -0.870. The Bertz CT molecular complexity index is 366. The van der Waals surface area contributed by atoms with Gasteiger partial charge in [-0.15, -0.1) is 0 Å². The molecule has 18 heavy (non-hydrogen) atoms. The van der Waals surface area contributed by atoms with Gasteiger partial charge >= 0.3 is 0 Å². The summed E-state index contributed by atoms with van der Waals surface area (Å²) in [6.07, 6.45) is 8.00. The quantitative estimate of drug-likeness (QED) is 0.833. The summed E-state index contributed by atoms with van der Waals surface area (Å²) in [7, 11) is 4.20. The first-order valence-electron chi connectivity index (χ1n) is 7.00. The monoisotopic (exact) mass is 250 g/mol. The van der Waals surface area contributed by atoms with Gasteiger partial charge in [-0.25, -0.2) is 0 Å². The molecule has 0 spiro atoms. The number of nitrogens with one attached hydrogen (secondary N) is 1. The second-order valence-corrected chi connectivity index (χ2v) is 5.87. The molecule has 1 unspecified atom stereocenters. The minimum absolute atomic E-state index is 0.492. The molecule has 4 nitrogen and oxygen atoms in total. The molecule has 1 aliphatic heterocycles. The van der Waals surface area contributed by atoms with Crippen molar-refractivity contribution in [1.29, 1.82) is 0 Å². The van der Waals surface area contributed by atoms with Crippen LogP contribution >= 0.6 is 0 Å². The fourth-order valence-corrected chi connectivity index (χ4v) is 3.25. The van der Waals surface area contributed by atoms with Crippen LogP contribution in [0.3, 0.4) is 0 Å². The SMILES string of the molecule is CCCC1(CN(C)Cc2cnn(C)c2)CCNC1. The Morgan fingerprint density at radius 1 is 1.56 bits per heavy atom. The molecule has 4 heteroatoms. The van der Waals surface area contributed by atoms with Crippen molar-refractivity contribution in [3.8, 4) is 0 Å². The molecule has 0 radical (unpaired) electrons. The minimum atomic E-state index is 0.492. The number of aromatic nitrogens is 2. The Kier molecular flexibility index (Phi) is 4.40. The molecule has 1 aromatic heterocycles. The Morgan fingerprint density at radius 2 is 2.39 bits per heavy atom. The normalized spacial score (nSPS) is 24.0. The molecule has 1 N–H and O–H groups in total. The van der Waals surface area contributed by atoms with E-state index >= 15 is 0 Å². The van der Waals surface area contributed by atoms with Gasteiger partial charge < -0.3 is 10.2 Å². The van der Waals surface area contributed by atoms with Crippen molar-refractivity contribution in [1.82, 2.24) is 20.0 Å². The highest BCUT2D eigenvalue weighted by Crippen LogP contribution is 2.32. The van der Waals surface area contributed by atoms with Crippen LogP contribution in [0.5, 0.6) is 0 Å². The predicted molar refractivity (Wildman–Crippen MR) is 74.4 cm³/mol. The summed E-state index contributed by atoms with van der Waals surface area (Å²) >= 11 is 0. The minimum Gasteiger partial charge on any atom is -0.316 e. The van der Waals surface area contributed by atoms with Crippen LogP contribution in [0.1, 0.15) is 31.7 Å². The fraction of sp³-hybridized carbons (Fsp3) is 0.786. The van der Waals surface area contributed by atoms with Crippen LogP contribution in [0, 0.1) is 5.41 Å². The zero-order valence-corrected chi connectivity index (χ0v) is 11.9. The zero-order valence-electron chi connectivity index (χ0n) is 11.9. The summed E-state index contributed by atoms with van der Waals surface area (Å²) < 4.78 is 1.88. The highest BCUT2D eigenvalue weighted by Gasteiger charge is 2.33. The lowest BCUT2D eigenvalue weighted by atomic mass is 9.82. The van der Waals surface area contributed by atoms with E-state index in [0.29, 0.717) is 5.41 Å². The van der Waals surface area contributed by atoms with E-state index in [-0.39, 0.29) is 0 Å². The maximum absolute atomic E-state index is 4.23. The summed E-state index contributed by atoms with van der Waals surface area (Å²) in [5.74, 6) is 0. The summed E-state index contributed by atoms with van der Waals surface area (Å²) in [6, 6.07) is 0. The summed E-state index contributed by atoms with van der Waals surface area (Å²) in [4.78, 5) is 2.44. The molecule has 0 aromatic carbocycles. The first-order valence-corrected chi connectivity index (χ1v) is 7.00. The molecule has 2 rings (SSSR count). The smallest absolute Gasteiger partial charge is 0.0534 e. The van der Waals surface area contributed by atoms with Crippen LogP contribution < -0.4 is 5.32 Å². The summed E-state index contributed by atoms with van der Waals surface area (Å²) in [5, 5.41) is 7.76. The van der Waals surface area contributed by atoms with E-state index in [9.17, 15) is 0 Å². The van der Waals surface area contributed by atoms with Gasteiger partial charge in [0, 0.05) is 38.4 Å². The molecular formula is C14H26N4. The average Bonchev–Trinajstić information content (AvgIpc) is 2.89. The number of hydrogen-bond donors (Lipinski definition) is 1. The Morgan fingerprint density at radius 3 is 2.94 bits per heavy atom. The second kappa shape index (κ2) is 5.85. The summed E-state index contributed by atoms with van der Waals surface area (Å²) in [6.45, 7) is 6.84. The van der Waals surface area contributed by atoms with E-state index in [4.69, 9.17) is 0 Å². The lowest BCUT2D eigenvalue weighted by molar-refractivity contribution is 0.172. The van der Waals surface area contributed by atoms with Crippen molar-refractivity contribution in [3.63, 3.8) is 0 Å². The lowest BCUT2D eigenvalue weighted by Gasteiger charge is -2.32. The largest absolute Gasteiger partial charge is 0.316 e. The predicted octanol–water partition coefficient (Wildman–Crippen LogP) is 1.63. The first-order chi connectivity index (χ1) is 8.63. The molecule has 0 bridgehead atoms. The molecular weight excluding hydrogens is 224 g/mol. The third-order valence-corrected chi connectivity index (χ3v) is 3.93. The third kappa shape index (κ3) is 3.33. The molecule has 2 heterocycles. The molecule has 0 amide bonds. The van der Waals surface area contributed by atoms with Crippen molar-refractivity contribution in [2.24, 2.45) is 12.5 Å². The first kappa shape index (κ1) is 13.6. The maximum Gasteiger partial charge on any atom is 0.0534 e. The van der Waals surface area contributed by atoms with Crippen molar-refractivity contribution in [2.75, 3.05) is 26.7 Å². The molecule has 0 aliphatic carbocycles. The Balaban J connectivity index is 1.90. The van der Waals surface area contributed by atoms with E-state index in [1.54, 1.807) is 0 Å². The van der Waals surface area contributed by atoms with Crippen LogP contribution in [-0.4, -0.2) is 41.4 Å². The van der Waals surface area contributed by atoms with Gasteiger partial charge in [-0.2, -0.15) is 5.10 Å². The van der Waals surface area contributed by atoms with E-state index in [0.717, 1.165) is 6.54 Å². The van der Waals surface area contributed by atoms with Gasteiger partial charge in [0.05, 0.1) is 6.20 Å². The topological polar surface area (TPSA) is 33.1 Å². The van der Waals surface area contributed by atoms with Gasteiger partial charge in [0.1, 0.15) is 0 Å². The molecule has 1 saturated heterocycles. The van der Waals surface area contributed by atoms with Crippen molar-refractivity contribution < 1.29 is 0 Å². The van der Waals surface area contributed by atoms with E-state index < -0.39 is 0 Å². The van der Waals surface area contributed by atoms with Crippen molar-refractivity contribution in [2.45, 2.75) is 32.7 Å². The average molecular weight is 250 g/mol. The second-order valence-electron chi connectivity index (χ2n) is 5.87. The standard InChI is InChI=1S/C14H26N4/c1-4-5-14(6-7-15-11-14)12-17(2)9-13-8-16-18(3)10-13/h8,10,15H,4-7,9,11-12H2,1-3H3. The zero-order chi connectivity index (χ0) is 13.0. The van der Waals surface area contributed by atoms with Gasteiger partial charge in [-0.3, -0.25) is 4.68 Å². The molecule has 102 valence electrons. The van der Waals surface area contributed by atoms with Crippen LogP contribution in [-0.2, 0) is 13.6 Å². The van der Waals surface area contributed by atoms with Gasteiger partial charge in [0.15, 0.2) is 0 Å². The molecule has 1 fully saturated rings. The molecule has 1 atom stereocenters. The van der Waals surface area contributed by atoms with Crippen LogP contribution in [0.4, 0.5) is 0 Å². The van der Waals surface area contributed by atoms with Crippen LogP contribution in [0.15, 0.2) is 12.4 Å². The van der Waals surface area contributed by atoms with Crippen LogP contribution in [0.2, 0.25) is 0 Å².